The molecule has 1 aliphatic carbocycles. The summed E-state index contributed by atoms with van der Waals surface area (Å²) in [6.45, 7) is 0.943. The van der Waals surface area contributed by atoms with Crippen LogP contribution in [0, 0.1) is 11.6 Å². The Balaban J connectivity index is 1.53. The predicted octanol–water partition coefficient (Wildman–Crippen LogP) is 3.57. The van der Waals surface area contributed by atoms with Gasteiger partial charge in [-0.15, -0.1) is 0 Å². The quantitative estimate of drug-likeness (QED) is 0.912. The van der Waals surface area contributed by atoms with Crippen molar-refractivity contribution in [3.8, 4) is 0 Å². The van der Waals surface area contributed by atoms with Crippen LogP contribution in [0.15, 0.2) is 30.5 Å². The van der Waals surface area contributed by atoms with E-state index in [0.29, 0.717) is 24.7 Å². The summed E-state index contributed by atoms with van der Waals surface area (Å²) in [5.41, 5.74) is 1.41. The Morgan fingerprint density at radius 1 is 1.14 bits per heavy atom. The third-order valence-corrected chi connectivity index (χ3v) is 4.00. The van der Waals surface area contributed by atoms with Crippen LogP contribution in [0.4, 0.5) is 8.78 Å². The van der Waals surface area contributed by atoms with E-state index in [2.05, 4.69) is 10.4 Å². The second-order valence-corrected chi connectivity index (χ2v) is 5.56. The Morgan fingerprint density at radius 3 is 2.71 bits per heavy atom. The molecule has 0 atom stereocenters. The lowest BCUT2D eigenvalue weighted by Crippen LogP contribution is -2.15. The van der Waals surface area contributed by atoms with Gasteiger partial charge in [-0.05, 0) is 25.0 Å². The van der Waals surface area contributed by atoms with Gasteiger partial charge in [0.25, 0.3) is 0 Å². The summed E-state index contributed by atoms with van der Waals surface area (Å²) in [5, 5.41) is 7.70. The highest BCUT2D eigenvalue weighted by Crippen LogP contribution is 2.28. The minimum Gasteiger partial charge on any atom is -0.307 e. The number of benzene rings is 1. The molecular weight excluding hydrogens is 272 g/mol. The van der Waals surface area contributed by atoms with Crippen LogP contribution in [0.25, 0.3) is 0 Å². The molecule has 5 heteroatoms. The number of nitrogens with one attached hydrogen (secondary N) is 1. The molecule has 1 aromatic carbocycles. The number of rotatable bonds is 5. The molecule has 0 unspecified atom stereocenters. The summed E-state index contributed by atoms with van der Waals surface area (Å²) >= 11 is 0. The SMILES string of the molecule is Fc1ccc(CNCc2ccn(C3CCCC3)n2)c(F)c1. The Morgan fingerprint density at radius 2 is 1.95 bits per heavy atom. The van der Waals surface area contributed by atoms with Crippen LogP contribution in [-0.4, -0.2) is 9.78 Å². The van der Waals surface area contributed by atoms with E-state index < -0.39 is 11.6 Å². The first-order chi connectivity index (χ1) is 10.2. The fourth-order valence-corrected chi connectivity index (χ4v) is 2.83. The molecule has 3 nitrogen and oxygen atoms in total. The molecule has 0 radical (unpaired) electrons. The fraction of sp³-hybridized carbons (Fsp3) is 0.438. The summed E-state index contributed by atoms with van der Waals surface area (Å²) < 4.78 is 28.3. The first kappa shape index (κ1) is 14.2. The summed E-state index contributed by atoms with van der Waals surface area (Å²) in [6.07, 6.45) is 6.99. The Labute approximate surface area is 123 Å². The van der Waals surface area contributed by atoms with Crippen molar-refractivity contribution in [2.75, 3.05) is 0 Å². The topological polar surface area (TPSA) is 29.9 Å². The molecule has 0 saturated heterocycles. The first-order valence-corrected chi connectivity index (χ1v) is 7.41. The van der Waals surface area contributed by atoms with Gasteiger partial charge >= 0.3 is 0 Å². The van der Waals surface area contributed by atoms with Crippen LogP contribution >= 0.6 is 0 Å². The molecule has 1 fully saturated rings. The van der Waals surface area contributed by atoms with Crippen LogP contribution in [-0.2, 0) is 13.1 Å². The normalized spacial score (nSPS) is 15.7. The molecule has 2 aromatic rings. The number of hydrogen-bond acceptors (Lipinski definition) is 2. The van der Waals surface area contributed by atoms with Crippen molar-refractivity contribution in [1.82, 2.24) is 15.1 Å². The van der Waals surface area contributed by atoms with Gasteiger partial charge in [0, 0.05) is 30.9 Å². The van der Waals surface area contributed by atoms with Gasteiger partial charge in [-0.1, -0.05) is 18.9 Å². The molecule has 1 aromatic heterocycles. The van der Waals surface area contributed by atoms with E-state index in [1.54, 1.807) is 0 Å². The van der Waals surface area contributed by atoms with Crippen LogP contribution in [0.3, 0.4) is 0 Å². The third-order valence-electron chi connectivity index (χ3n) is 4.00. The van der Waals surface area contributed by atoms with Gasteiger partial charge in [0.15, 0.2) is 0 Å². The van der Waals surface area contributed by atoms with Crippen molar-refractivity contribution in [1.29, 1.82) is 0 Å². The molecule has 1 aliphatic rings. The van der Waals surface area contributed by atoms with E-state index in [0.717, 1.165) is 11.8 Å². The van der Waals surface area contributed by atoms with E-state index >= 15 is 0 Å². The van der Waals surface area contributed by atoms with E-state index in [1.807, 2.05) is 16.9 Å². The average molecular weight is 291 g/mol. The summed E-state index contributed by atoms with van der Waals surface area (Å²) in [7, 11) is 0. The van der Waals surface area contributed by atoms with E-state index in [9.17, 15) is 8.78 Å². The number of hydrogen-bond donors (Lipinski definition) is 1. The van der Waals surface area contributed by atoms with E-state index in [4.69, 9.17) is 0 Å². The van der Waals surface area contributed by atoms with Gasteiger partial charge in [0.05, 0.1) is 11.7 Å². The highest BCUT2D eigenvalue weighted by Gasteiger charge is 2.17. The zero-order valence-corrected chi connectivity index (χ0v) is 11.9. The molecule has 1 heterocycles. The Hall–Kier alpha value is -1.75. The standard InChI is InChI=1S/C16H19F2N3/c17-13-6-5-12(16(18)9-13)10-19-11-14-7-8-21(20-14)15-3-1-2-4-15/h5-9,15,19H,1-4,10-11H2. The van der Waals surface area contributed by atoms with Crippen molar-refractivity contribution >= 4 is 0 Å². The summed E-state index contributed by atoms with van der Waals surface area (Å²) in [4.78, 5) is 0. The van der Waals surface area contributed by atoms with Crippen molar-refractivity contribution in [3.63, 3.8) is 0 Å². The molecule has 3 rings (SSSR count). The average Bonchev–Trinajstić information content (AvgIpc) is 3.11. The van der Waals surface area contributed by atoms with Crippen molar-refractivity contribution < 1.29 is 8.78 Å². The number of aromatic nitrogens is 2. The number of nitrogens with zero attached hydrogens (tertiary/aromatic N) is 2. The largest absolute Gasteiger partial charge is 0.307 e. The van der Waals surface area contributed by atoms with Crippen LogP contribution in [0.5, 0.6) is 0 Å². The molecule has 0 aliphatic heterocycles. The summed E-state index contributed by atoms with van der Waals surface area (Å²) in [6, 6.07) is 6.18. The Bertz CT molecular complexity index is 603. The zero-order valence-electron chi connectivity index (χ0n) is 11.9. The number of halogens is 2. The summed E-state index contributed by atoms with van der Waals surface area (Å²) in [5.74, 6) is -1.06. The minimum absolute atomic E-state index is 0.363. The smallest absolute Gasteiger partial charge is 0.130 e. The Kier molecular flexibility index (Phi) is 4.29. The molecule has 0 bridgehead atoms. The van der Waals surface area contributed by atoms with Crippen LogP contribution in [0.2, 0.25) is 0 Å². The van der Waals surface area contributed by atoms with E-state index in [1.165, 1.54) is 37.8 Å². The van der Waals surface area contributed by atoms with Crippen molar-refractivity contribution in [2.45, 2.75) is 44.8 Å². The van der Waals surface area contributed by atoms with Crippen molar-refractivity contribution in [2.24, 2.45) is 0 Å². The lowest BCUT2D eigenvalue weighted by atomic mass is 10.2. The van der Waals surface area contributed by atoms with Crippen LogP contribution < -0.4 is 5.32 Å². The van der Waals surface area contributed by atoms with Crippen molar-refractivity contribution in [3.05, 3.63) is 53.4 Å². The van der Waals surface area contributed by atoms with E-state index in [-0.39, 0.29) is 0 Å². The molecule has 1 saturated carbocycles. The van der Waals surface area contributed by atoms with Gasteiger partial charge in [-0.3, -0.25) is 4.68 Å². The zero-order chi connectivity index (χ0) is 14.7. The predicted molar refractivity (Wildman–Crippen MR) is 76.6 cm³/mol. The maximum Gasteiger partial charge on any atom is 0.130 e. The lowest BCUT2D eigenvalue weighted by Gasteiger charge is -2.09. The second-order valence-electron chi connectivity index (χ2n) is 5.56. The monoisotopic (exact) mass is 291 g/mol. The van der Waals surface area contributed by atoms with Gasteiger partial charge in [0.2, 0.25) is 0 Å². The molecule has 112 valence electrons. The molecule has 0 spiro atoms. The molecule has 0 amide bonds. The lowest BCUT2D eigenvalue weighted by molar-refractivity contribution is 0.460. The molecule has 21 heavy (non-hydrogen) atoms. The second kappa shape index (κ2) is 6.35. The highest BCUT2D eigenvalue weighted by molar-refractivity contribution is 5.18. The minimum atomic E-state index is -0.549. The fourth-order valence-electron chi connectivity index (χ4n) is 2.83. The maximum atomic E-state index is 13.5. The van der Waals surface area contributed by atoms with Gasteiger partial charge in [-0.2, -0.15) is 5.10 Å². The third kappa shape index (κ3) is 3.47. The highest BCUT2D eigenvalue weighted by atomic mass is 19.1. The van der Waals surface area contributed by atoms with Gasteiger partial charge in [0.1, 0.15) is 11.6 Å². The van der Waals surface area contributed by atoms with Crippen LogP contribution in [0.1, 0.15) is 43.0 Å². The molecular formula is C16H19F2N3. The van der Waals surface area contributed by atoms with Gasteiger partial charge in [-0.25, -0.2) is 8.78 Å². The maximum absolute atomic E-state index is 13.5. The van der Waals surface area contributed by atoms with Gasteiger partial charge < -0.3 is 5.32 Å². The first-order valence-electron chi connectivity index (χ1n) is 7.41. The molecule has 1 N–H and O–H groups in total.